The van der Waals surface area contributed by atoms with Crippen LogP contribution in [0.3, 0.4) is 0 Å². The van der Waals surface area contributed by atoms with E-state index < -0.39 is 9.05 Å². The first-order valence-electron chi connectivity index (χ1n) is 2.37. The van der Waals surface area contributed by atoms with Crippen LogP contribution in [-0.2, 0) is 14.8 Å². The van der Waals surface area contributed by atoms with Crippen molar-refractivity contribution < 1.29 is 8.42 Å². The topological polar surface area (TPSA) is 47.0 Å². The second-order valence-electron chi connectivity index (χ2n) is 1.66. The number of halogens is 1. The minimum atomic E-state index is -3.43. The van der Waals surface area contributed by atoms with Crippen LogP contribution >= 0.6 is 22.0 Å². The molecule has 0 fully saturated rings. The summed E-state index contributed by atoms with van der Waals surface area (Å²) in [4.78, 5) is 3.76. The normalized spacial score (nSPS) is 11.7. The molecule has 0 aromatic carbocycles. The summed E-state index contributed by atoms with van der Waals surface area (Å²) in [5, 5.41) is 1.65. The third-order valence-electron chi connectivity index (χ3n) is 0.804. The monoisotopic (exact) mass is 197 g/mol. The molecule has 3 nitrogen and oxygen atoms in total. The number of rotatable bonds is 2. The molecule has 0 unspecified atom stereocenters. The molecule has 0 radical (unpaired) electrons. The molecular formula is C4H4ClNO2S2. The van der Waals surface area contributed by atoms with Crippen LogP contribution in [0.4, 0.5) is 0 Å². The van der Waals surface area contributed by atoms with Gasteiger partial charge in [0.05, 0.1) is 11.2 Å². The van der Waals surface area contributed by atoms with Crippen LogP contribution in [0, 0.1) is 0 Å². The summed E-state index contributed by atoms with van der Waals surface area (Å²) in [5.74, 6) is -0.182. The van der Waals surface area contributed by atoms with E-state index in [1.807, 2.05) is 0 Å². The fraction of sp³-hybridized carbons (Fsp3) is 0.250. The van der Waals surface area contributed by atoms with Crippen molar-refractivity contribution in [3.8, 4) is 0 Å². The lowest BCUT2D eigenvalue weighted by Crippen LogP contribution is -1.94. The zero-order chi connectivity index (χ0) is 7.61. The van der Waals surface area contributed by atoms with Gasteiger partial charge in [0.1, 0.15) is 5.75 Å². The smallest absolute Gasteiger partial charge is 0.238 e. The molecule has 0 aliphatic heterocycles. The van der Waals surface area contributed by atoms with E-state index in [2.05, 4.69) is 4.98 Å². The second kappa shape index (κ2) is 2.86. The van der Waals surface area contributed by atoms with Crippen LogP contribution in [0.2, 0.25) is 0 Å². The average Bonchev–Trinajstić information content (AvgIpc) is 2.12. The average molecular weight is 198 g/mol. The highest BCUT2D eigenvalue weighted by Crippen LogP contribution is 2.08. The van der Waals surface area contributed by atoms with Gasteiger partial charge >= 0.3 is 0 Å². The Kier molecular flexibility index (Phi) is 2.28. The Morgan fingerprint density at radius 2 is 2.40 bits per heavy atom. The maximum Gasteiger partial charge on any atom is 0.238 e. The third-order valence-corrected chi connectivity index (χ3v) is 2.41. The molecule has 1 aromatic heterocycles. The third kappa shape index (κ3) is 2.64. The number of aromatic nitrogens is 1. The van der Waals surface area contributed by atoms with Gasteiger partial charge in [0.25, 0.3) is 0 Å². The summed E-state index contributed by atoms with van der Waals surface area (Å²) in [6, 6.07) is 0. The molecule has 0 N–H and O–H groups in total. The molecule has 0 atom stereocenters. The first-order valence-corrected chi connectivity index (χ1v) is 5.79. The molecule has 1 aromatic rings. The lowest BCUT2D eigenvalue weighted by atomic mass is 10.6. The first kappa shape index (κ1) is 7.97. The van der Waals surface area contributed by atoms with Gasteiger partial charge < -0.3 is 0 Å². The van der Waals surface area contributed by atoms with Crippen molar-refractivity contribution in [1.29, 1.82) is 0 Å². The van der Waals surface area contributed by atoms with Gasteiger partial charge in [-0.1, -0.05) is 0 Å². The van der Waals surface area contributed by atoms with Gasteiger partial charge in [-0.2, -0.15) is 0 Å². The Hall–Kier alpha value is -0.130. The Bertz CT molecular complexity index is 291. The SMILES string of the molecule is O=S(=O)(Cl)Cc1cscn1. The predicted molar refractivity (Wildman–Crippen MR) is 40.6 cm³/mol. The number of hydrogen-bond acceptors (Lipinski definition) is 4. The van der Waals surface area contributed by atoms with Gasteiger partial charge in [0.15, 0.2) is 0 Å². The van der Waals surface area contributed by atoms with Gasteiger partial charge in [0.2, 0.25) is 9.05 Å². The molecule has 0 amide bonds. The van der Waals surface area contributed by atoms with Crippen LogP contribution in [0.5, 0.6) is 0 Å². The van der Waals surface area contributed by atoms with Gasteiger partial charge in [-0.3, -0.25) is 0 Å². The minimum absolute atomic E-state index is 0.182. The van der Waals surface area contributed by atoms with Crippen LogP contribution in [-0.4, -0.2) is 13.4 Å². The molecular weight excluding hydrogens is 194 g/mol. The number of nitrogens with zero attached hydrogens (tertiary/aromatic N) is 1. The Labute approximate surface area is 67.1 Å². The van der Waals surface area contributed by atoms with E-state index in [1.54, 1.807) is 10.9 Å². The van der Waals surface area contributed by atoms with Gasteiger partial charge in [-0.15, -0.1) is 11.3 Å². The number of thiazole rings is 1. The molecule has 1 heterocycles. The highest BCUT2D eigenvalue weighted by Gasteiger charge is 2.07. The maximum atomic E-state index is 10.4. The molecule has 56 valence electrons. The molecule has 6 heteroatoms. The Balaban J connectivity index is 2.75. The zero-order valence-electron chi connectivity index (χ0n) is 4.82. The lowest BCUT2D eigenvalue weighted by Gasteiger charge is -1.87. The molecule has 0 bridgehead atoms. The minimum Gasteiger partial charge on any atom is -0.249 e. The van der Waals surface area contributed by atoms with Crippen molar-refractivity contribution in [3.63, 3.8) is 0 Å². The molecule has 0 saturated heterocycles. The maximum absolute atomic E-state index is 10.4. The van der Waals surface area contributed by atoms with Crippen LogP contribution in [0.1, 0.15) is 5.69 Å². The summed E-state index contributed by atoms with van der Waals surface area (Å²) in [5.41, 5.74) is 2.07. The van der Waals surface area contributed by atoms with Crippen molar-refractivity contribution in [2.24, 2.45) is 0 Å². The predicted octanol–water partition coefficient (Wildman–Crippen LogP) is 1.21. The zero-order valence-corrected chi connectivity index (χ0v) is 7.21. The van der Waals surface area contributed by atoms with Crippen molar-refractivity contribution >= 4 is 31.1 Å². The van der Waals surface area contributed by atoms with E-state index in [0.717, 1.165) is 0 Å². The summed E-state index contributed by atoms with van der Waals surface area (Å²) < 4.78 is 20.9. The molecule has 0 spiro atoms. The number of hydrogen-bond donors (Lipinski definition) is 0. The van der Waals surface area contributed by atoms with Crippen molar-refractivity contribution in [2.45, 2.75) is 5.75 Å². The van der Waals surface area contributed by atoms with Crippen LogP contribution in [0.15, 0.2) is 10.9 Å². The van der Waals surface area contributed by atoms with Crippen molar-refractivity contribution in [3.05, 3.63) is 16.6 Å². The highest BCUT2D eigenvalue weighted by atomic mass is 35.7. The summed E-state index contributed by atoms with van der Waals surface area (Å²) in [6.07, 6.45) is 0. The molecule has 0 aliphatic carbocycles. The van der Waals surface area contributed by atoms with Crippen LogP contribution in [0.25, 0.3) is 0 Å². The standard InChI is InChI=1S/C4H4ClNO2S2/c5-10(7,8)2-4-1-9-3-6-4/h1,3H,2H2. The largest absolute Gasteiger partial charge is 0.249 e. The molecule has 10 heavy (non-hydrogen) atoms. The van der Waals surface area contributed by atoms with E-state index in [0.29, 0.717) is 5.69 Å². The molecule has 0 saturated carbocycles. The second-order valence-corrected chi connectivity index (χ2v) is 5.16. The van der Waals surface area contributed by atoms with E-state index in [1.165, 1.54) is 11.3 Å². The van der Waals surface area contributed by atoms with Crippen molar-refractivity contribution in [2.75, 3.05) is 0 Å². The lowest BCUT2D eigenvalue weighted by molar-refractivity contribution is 0.608. The molecule has 1 rings (SSSR count). The summed E-state index contributed by atoms with van der Waals surface area (Å²) >= 11 is 1.35. The highest BCUT2D eigenvalue weighted by molar-refractivity contribution is 8.13. The Morgan fingerprint density at radius 3 is 2.80 bits per heavy atom. The molecule has 0 aliphatic rings. The van der Waals surface area contributed by atoms with Gasteiger partial charge in [-0.05, 0) is 0 Å². The van der Waals surface area contributed by atoms with E-state index in [4.69, 9.17) is 10.7 Å². The summed E-state index contributed by atoms with van der Waals surface area (Å²) in [7, 11) is 1.53. The van der Waals surface area contributed by atoms with E-state index >= 15 is 0 Å². The fourth-order valence-corrected chi connectivity index (χ4v) is 2.00. The Morgan fingerprint density at radius 1 is 1.70 bits per heavy atom. The van der Waals surface area contributed by atoms with Gasteiger partial charge in [-0.25, -0.2) is 13.4 Å². The van der Waals surface area contributed by atoms with Gasteiger partial charge in [0, 0.05) is 16.1 Å². The first-order chi connectivity index (χ1) is 4.58. The van der Waals surface area contributed by atoms with E-state index in [9.17, 15) is 8.42 Å². The fourth-order valence-electron chi connectivity index (χ4n) is 0.485. The quantitative estimate of drug-likeness (QED) is 0.670. The summed E-state index contributed by atoms with van der Waals surface area (Å²) in [6.45, 7) is 0. The van der Waals surface area contributed by atoms with E-state index in [-0.39, 0.29) is 5.75 Å². The van der Waals surface area contributed by atoms with Crippen LogP contribution < -0.4 is 0 Å². The van der Waals surface area contributed by atoms with Crippen molar-refractivity contribution in [1.82, 2.24) is 4.98 Å².